The highest BCUT2D eigenvalue weighted by atomic mass is 16.3. The highest BCUT2D eigenvalue weighted by Gasteiger charge is 2.22. The Morgan fingerprint density at radius 3 is 1.62 bits per heavy atom. The zero-order chi connectivity index (χ0) is 41.4. The van der Waals surface area contributed by atoms with Crippen molar-refractivity contribution in [3.05, 3.63) is 212 Å². The molecule has 13 rings (SSSR count). The average Bonchev–Trinajstić information content (AvgIpc) is 3.73. The number of furan rings is 1. The molecule has 0 aliphatic rings. The fourth-order valence-electron chi connectivity index (χ4n) is 9.70. The first kappa shape index (κ1) is 35.3. The number of benzene rings is 9. The third-order valence-corrected chi connectivity index (χ3v) is 12.6. The maximum atomic E-state index is 6.65. The lowest BCUT2D eigenvalue weighted by Gasteiger charge is -2.16. The van der Waals surface area contributed by atoms with Crippen LogP contribution in [0.3, 0.4) is 0 Å². The lowest BCUT2D eigenvalue weighted by molar-refractivity contribution is 0.669. The number of fused-ring (bicyclic) bond motifs is 10. The van der Waals surface area contributed by atoms with E-state index in [2.05, 4.69) is 200 Å². The normalized spacial score (nSPS) is 11.8. The molecule has 4 heteroatoms. The summed E-state index contributed by atoms with van der Waals surface area (Å²) in [7, 11) is 0. The number of aromatic nitrogens is 3. The Morgan fingerprint density at radius 2 is 0.873 bits per heavy atom. The van der Waals surface area contributed by atoms with Gasteiger partial charge in [-0.3, -0.25) is 0 Å². The van der Waals surface area contributed by atoms with Crippen LogP contribution in [0.25, 0.3) is 132 Å². The molecule has 0 aliphatic heterocycles. The van der Waals surface area contributed by atoms with E-state index in [0.29, 0.717) is 0 Å². The van der Waals surface area contributed by atoms with Crippen molar-refractivity contribution in [3.8, 4) is 56.0 Å². The van der Waals surface area contributed by atoms with Crippen molar-refractivity contribution in [1.29, 1.82) is 0 Å². The second-order valence-electron chi connectivity index (χ2n) is 16.2. The van der Waals surface area contributed by atoms with Crippen molar-refractivity contribution in [3.63, 3.8) is 0 Å². The lowest BCUT2D eigenvalue weighted by atomic mass is 9.88. The van der Waals surface area contributed by atoms with Gasteiger partial charge in [0, 0.05) is 60.0 Å². The van der Waals surface area contributed by atoms with Gasteiger partial charge in [-0.15, -0.1) is 0 Å². The molecule has 4 heterocycles. The zero-order valence-electron chi connectivity index (χ0n) is 34.0. The second-order valence-corrected chi connectivity index (χ2v) is 16.2. The van der Waals surface area contributed by atoms with E-state index in [1.807, 2.05) is 12.1 Å². The first-order valence-corrected chi connectivity index (χ1v) is 21.3. The molecule has 0 atom stereocenters. The van der Waals surface area contributed by atoms with Gasteiger partial charge in [0.15, 0.2) is 0 Å². The summed E-state index contributed by atoms with van der Waals surface area (Å²) < 4.78 is 6.65. The topological polar surface area (TPSA) is 51.8 Å². The van der Waals surface area contributed by atoms with E-state index in [9.17, 15) is 0 Å². The summed E-state index contributed by atoms with van der Waals surface area (Å²) in [5.74, 6) is 0. The Morgan fingerprint density at radius 1 is 0.317 bits per heavy atom. The molecular formula is C59H35N3O. The molecule has 4 nitrogen and oxygen atoms in total. The maximum absolute atomic E-state index is 6.65. The Labute approximate surface area is 362 Å². The van der Waals surface area contributed by atoms with Gasteiger partial charge in [0.05, 0.1) is 33.6 Å². The SMILES string of the molecule is c1ccc(-c2ccc3ccc4ccc(-c5ccc(-c6ccc(-c7c8c(cc9c(-c%10ccccc%10)nc%10ccccc%10c79)oc7ccccc78)cc6)c6ccccc56)nc4c3n2)cc1. The minimum atomic E-state index is 0.848. The quantitative estimate of drug-likeness (QED) is 0.163. The largest absolute Gasteiger partial charge is 0.456 e. The molecule has 0 unspecified atom stereocenters. The second kappa shape index (κ2) is 14.1. The van der Waals surface area contributed by atoms with E-state index in [4.69, 9.17) is 19.4 Å². The molecule has 0 aliphatic carbocycles. The summed E-state index contributed by atoms with van der Waals surface area (Å²) in [6, 6.07) is 75.0. The van der Waals surface area contributed by atoms with Crippen LogP contribution in [0.2, 0.25) is 0 Å². The fourth-order valence-corrected chi connectivity index (χ4v) is 9.70. The van der Waals surface area contributed by atoms with Gasteiger partial charge in [-0.25, -0.2) is 15.0 Å². The summed E-state index contributed by atoms with van der Waals surface area (Å²) >= 11 is 0. The molecule has 63 heavy (non-hydrogen) atoms. The molecule has 0 saturated carbocycles. The standard InChI is InChI=1S/C59H35N3O/c1-3-13-37(14-4-1)49-33-29-40-27-28-41-30-34-51(62-59(41)58(40)60-49)45-32-31-42(43-17-7-8-18-44(43)45)36-23-25-38(26-24-36)54-55-46-19-9-11-21-50(46)61-57(39-15-5-2-6-16-39)48(55)35-53-56(54)47-20-10-12-22-52(47)63-53/h1-35H. The van der Waals surface area contributed by atoms with Gasteiger partial charge in [-0.1, -0.05) is 182 Å². The van der Waals surface area contributed by atoms with Crippen LogP contribution >= 0.6 is 0 Å². The van der Waals surface area contributed by atoms with Gasteiger partial charge < -0.3 is 4.42 Å². The smallest absolute Gasteiger partial charge is 0.136 e. The van der Waals surface area contributed by atoms with E-state index in [-0.39, 0.29) is 0 Å². The first-order valence-electron chi connectivity index (χ1n) is 21.3. The lowest BCUT2D eigenvalue weighted by Crippen LogP contribution is -1.93. The minimum Gasteiger partial charge on any atom is -0.456 e. The molecule has 13 aromatic rings. The molecule has 0 bridgehead atoms. The molecule has 9 aromatic carbocycles. The Balaban J connectivity index is 0.976. The highest BCUT2D eigenvalue weighted by Crippen LogP contribution is 2.47. The molecular weight excluding hydrogens is 767 g/mol. The van der Waals surface area contributed by atoms with Crippen LogP contribution in [0.15, 0.2) is 217 Å². The van der Waals surface area contributed by atoms with Crippen LogP contribution < -0.4 is 0 Å². The van der Waals surface area contributed by atoms with E-state index < -0.39 is 0 Å². The number of rotatable bonds is 5. The molecule has 292 valence electrons. The number of pyridine rings is 3. The van der Waals surface area contributed by atoms with E-state index in [0.717, 1.165) is 116 Å². The van der Waals surface area contributed by atoms with Crippen LogP contribution in [0.5, 0.6) is 0 Å². The summed E-state index contributed by atoms with van der Waals surface area (Å²) in [5.41, 5.74) is 15.1. The fraction of sp³-hybridized carbons (Fsp3) is 0. The van der Waals surface area contributed by atoms with Crippen molar-refractivity contribution in [2.45, 2.75) is 0 Å². The predicted molar refractivity (Wildman–Crippen MR) is 262 cm³/mol. The van der Waals surface area contributed by atoms with Gasteiger partial charge in [0.1, 0.15) is 11.2 Å². The summed E-state index contributed by atoms with van der Waals surface area (Å²) in [6.07, 6.45) is 0. The molecule has 0 N–H and O–H groups in total. The maximum Gasteiger partial charge on any atom is 0.136 e. The third kappa shape index (κ3) is 5.66. The van der Waals surface area contributed by atoms with E-state index >= 15 is 0 Å². The molecule has 0 amide bonds. The Bertz CT molecular complexity index is 3950. The van der Waals surface area contributed by atoms with E-state index in [1.165, 1.54) is 16.3 Å². The van der Waals surface area contributed by atoms with Gasteiger partial charge in [-0.05, 0) is 57.8 Å². The predicted octanol–water partition coefficient (Wildman–Crippen LogP) is 15.9. The van der Waals surface area contributed by atoms with Crippen molar-refractivity contribution < 1.29 is 4.42 Å². The third-order valence-electron chi connectivity index (χ3n) is 12.6. The molecule has 0 saturated heterocycles. The number of para-hydroxylation sites is 2. The first-order chi connectivity index (χ1) is 31.2. The van der Waals surface area contributed by atoms with Crippen molar-refractivity contribution in [2.24, 2.45) is 0 Å². The van der Waals surface area contributed by atoms with Crippen molar-refractivity contribution in [2.75, 3.05) is 0 Å². The molecule has 0 fully saturated rings. The summed E-state index contributed by atoms with van der Waals surface area (Å²) in [6.45, 7) is 0. The van der Waals surface area contributed by atoms with Crippen LogP contribution in [0.1, 0.15) is 0 Å². The van der Waals surface area contributed by atoms with Crippen LogP contribution in [0.4, 0.5) is 0 Å². The van der Waals surface area contributed by atoms with Crippen molar-refractivity contribution in [1.82, 2.24) is 15.0 Å². The van der Waals surface area contributed by atoms with Crippen LogP contribution in [0, 0.1) is 0 Å². The Hall–Kier alpha value is -8.47. The molecule has 0 spiro atoms. The summed E-state index contributed by atoms with van der Waals surface area (Å²) in [4.78, 5) is 15.8. The molecule has 0 radical (unpaired) electrons. The number of hydrogen-bond acceptors (Lipinski definition) is 4. The Kier molecular flexibility index (Phi) is 7.87. The van der Waals surface area contributed by atoms with Gasteiger partial charge in [0.25, 0.3) is 0 Å². The highest BCUT2D eigenvalue weighted by molar-refractivity contribution is 6.28. The number of nitrogens with zero attached hydrogens (tertiary/aromatic N) is 3. The summed E-state index contributed by atoms with van der Waals surface area (Å²) in [5, 5.41) is 10.0. The van der Waals surface area contributed by atoms with E-state index in [1.54, 1.807) is 0 Å². The molecule has 4 aromatic heterocycles. The zero-order valence-corrected chi connectivity index (χ0v) is 34.0. The van der Waals surface area contributed by atoms with Gasteiger partial charge in [-0.2, -0.15) is 0 Å². The monoisotopic (exact) mass is 801 g/mol. The van der Waals surface area contributed by atoms with Crippen LogP contribution in [-0.2, 0) is 0 Å². The average molecular weight is 802 g/mol. The van der Waals surface area contributed by atoms with Crippen molar-refractivity contribution >= 4 is 76.2 Å². The number of hydrogen-bond donors (Lipinski definition) is 0. The van der Waals surface area contributed by atoms with Gasteiger partial charge in [0.2, 0.25) is 0 Å². The minimum absolute atomic E-state index is 0.848. The van der Waals surface area contributed by atoms with Crippen LogP contribution in [-0.4, -0.2) is 15.0 Å². The van der Waals surface area contributed by atoms with Gasteiger partial charge >= 0.3 is 0 Å².